The maximum atomic E-state index is 5.08. The predicted molar refractivity (Wildman–Crippen MR) is 91.2 cm³/mol. The summed E-state index contributed by atoms with van der Waals surface area (Å²) in [6, 6.07) is 0. The van der Waals surface area contributed by atoms with Gasteiger partial charge in [0.25, 0.3) is 0 Å². The summed E-state index contributed by atoms with van der Waals surface area (Å²) in [7, 11) is 0. The van der Waals surface area contributed by atoms with E-state index in [2.05, 4.69) is 20.8 Å². The van der Waals surface area contributed by atoms with Gasteiger partial charge < -0.3 is 0 Å². The van der Waals surface area contributed by atoms with Gasteiger partial charge in [0.05, 0.1) is 0 Å². The molecule has 0 aromatic heterocycles. The summed E-state index contributed by atoms with van der Waals surface area (Å²) in [4.78, 5) is 0. The molecule has 1 heteroatoms. The van der Waals surface area contributed by atoms with Crippen molar-refractivity contribution in [2.75, 3.05) is 0 Å². The molecule has 5 atom stereocenters. The van der Waals surface area contributed by atoms with E-state index < -0.39 is 0 Å². The minimum Gasteiger partial charge on any atom is -0.172 e. The summed E-state index contributed by atoms with van der Waals surface area (Å²) in [6.07, 6.45) is 13.2. The second kappa shape index (κ2) is 5.86. The summed E-state index contributed by atoms with van der Waals surface area (Å²) in [5.41, 5.74) is 0. The van der Waals surface area contributed by atoms with Crippen molar-refractivity contribution in [2.24, 2.45) is 35.5 Å². The Morgan fingerprint density at radius 3 is 2.45 bits per heavy atom. The Labute approximate surface area is 131 Å². The number of hydrogen-bond acceptors (Lipinski definition) is 1. The molecule has 3 saturated carbocycles. The maximum Gasteiger partial charge on any atom is 0.0192 e. The first-order valence-corrected chi connectivity index (χ1v) is 9.73. The third kappa shape index (κ3) is 2.81. The predicted octanol–water partition coefficient (Wildman–Crippen LogP) is 5.96. The van der Waals surface area contributed by atoms with Crippen molar-refractivity contribution in [1.82, 2.24) is 0 Å². The average Bonchev–Trinajstić information content (AvgIpc) is 2.98. The highest BCUT2D eigenvalue weighted by atomic mass is 32.1. The molecule has 3 rings (SSSR count). The van der Waals surface area contributed by atoms with Crippen LogP contribution >= 0.6 is 12.6 Å². The van der Waals surface area contributed by atoms with Crippen LogP contribution < -0.4 is 0 Å². The molecule has 0 bridgehead atoms. The van der Waals surface area contributed by atoms with Crippen molar-refractivity contribution >= 4 is 12.6 Å². The molecule has 0 amide bonds. The van der Waals surface area contributed by atoms with Crippen LogP contribution in [0.3, 0.4) is 0 Å². The Morgan fingerprint density at radius 2 is 1.85 bits per heavy atom. The van der Waals surface area contributed by atoms with E-state index in [4.69, 9.17) is 12.6 Å². The topological polar surface area (TPSA) is 0 Å². The van der Waals surface area contributed by atoms with Gasteiger partial charge in [0.15, 0.2) is 0 Å². The van der Waals surface area contributed by atoms with Crippen molar-refractivity contribution in [3.05, 3.63) is 0 Å². The first-order valence-electron chi connectivity index (χ1n) is 9.29. The molecule has 20 heavy (non-hydrogen) atoms. The fourth-order valence-corrected chi connectivity index (χ4v) is 6.30. The van der Waals surface area contributed by atoms with E-state index >= 15 is 0 Å². The quantitative estimate of drug-likeness (QED) is 0.550. The Kier molecular flexibility index (Phi) is 4.47. The number of hydrogen-bond donors (Lipinski definition) is 1. The van der Waals surface area contributed by atoms with Crippen molar-refractivity contribution in [2.45, 2.75) is 83.3 Å². The maximum absolute atomic E-state index is 5.08. The largest absolute Gasteiger partial charge is 0.172 e. The fraction of sp³-hybridized carbons (Fsp3) is 1.00. The first-order chi connectivity index (χ1) is 9.56. The molecule has 0 spiro atoms. The van der Waals surface area contributed by atoms with E-state index in [0.717, 1.165) is 35.5 Å². The zero-order valence-corrected chi connectivity index (χ0v) is 14.7. The Hall–Kier alpha value is 0.350. The smallest absolute Gasteiger partial charge is 0.0192 e. The van der Waals surface area contributed by atoms with E-state index in [-0.39, 0.29) is 0 Å². The normalized spacial score (nSPS) is 47.7. The molecule has 3 fully saturated rings. The van der Waals surface area contributed by atoms with Crippen molar-refractivity contribution < 1.29 is 0 Å². The summed E-state index contributed by atoms with van der Waals surface area (Å²) in [5, 5.41) is 0. The number of rotatable bonds is 7. The monoisotopic (exact) mass is 294 g/mol. The average molecular weight is 295 g/mol. The van der Waals surface area contributed by atoms with Crippen molar-refractivity contribution in [3.8, 4) is 0 Å². The summed E-state index contributed by atoms with van der Waals surface area (Å²) < 4.78 is 0.472. The van der Waals surface area contributed by atoms with Crippen LogP contribution in [0.15, 0.2) is 0 Å². The van der Waals surface area contributed by atoms with Crippen LogP contribution in [-0.2, 0) is 0 Å². The van der Waals surface area contributed by atoms with E-state index in [9.17, 15) is 0 Å². The third-order valence-corrected chi connectivity index (χ3v) is 7.75. The Bertz CT molecular complexity index is 333. The van der Waals surface area contributed by atoms with Gasteiger partial charge in [0.2, 0.25) is 0 Å². The van der Waals surface area contributed by atoms with E-state index in [1.807, 2.05) is 0 Å². The molecule has 0 heterocycles. The molecular weight excluding hydrogens is 260 g/mol. The van der Waals surface area contributed by atoms with Gasteiger partial charge in [-0.2, -0.15) is 12.6 Å². The minimum atomic E-state index is 0.472. The van der Waals surface area contributed by atoms with Crippen LogP contribution in [0.5, 0.6) is 0 Å². The van der Waals surface area contributed by atoms with Crippen molar-refractivity contribution in [3.63, 3.8) is 0 Å². The van der Waals surface area contributed by atoms with E-state index in [1.54, 1.807) is 0 Å². The highest BCUT2D eigenvalue weighted by Gasteiger charge is 2.63. The highest BCUT2D eigenvalue weighted by Crippen LogP contribution is 2.67. The van der Waals surface area contributed by atoms with Crippen LogP contribution in [-0.4, -0.2) is 4.75 Å². The van der Waals surface area contributed by atoms with Gasteiger partial charge in [-0.1, -0.05) is 40.0 Å². The highest BCUT2D eigenvalue weighted by molar-refractivity contribution is 7.82. The van der Waals surface area contributed by atoms with Gasteiger partial charge in [-0.05, 0) is 74.0 Å². The second-order valence-electron chi connectivity index (χ2n) is 8.47. The van der Waals surface area contributed by atoms with Gasteiger partial charge in [-0.25, -0.2) is 0 Å². The summed E-state index contributed by atoms with van der Waals surface area (Å²) in [6.45, 7) is 7.23. The molecule has 0 radical (unpaired) electrons. The molecule has 5 unspecified atom stereocenters. The molecule has 3 aliphatic rings. The molecule has 0 aromatic rings. The summed E-state index contributed by atoms with van der Waals surface area (Å²) in [5.74, 6) is 6.00. The zero-order chi connectivity index (χ0) is 14.3. The van der Waals surface area contributed by atoms with Crippen LogP contribution in [0.25, 0.3) is 0 Å². The first kappa shape index (κ1) is 15.3. The molecule has 0 aliphatic heterocycles. The standard InChI is InChI=1S/C19H34S/c1-4-6-14-9-15(10-14)7-13(3)8-17-11-16(5-2)18-12-19(17,18)20/h13-18,20H,4-12H2,1-3H3. The lowest BCUT2D eigenvalue weighted by atomic mass is 9.69. The van der Waals surface area contributed by atoms with E-state index in [1.165, 1.54) is 57.8 Å². The van der Waals surface area contributed by atoms with Crippen LogP contribution in [0, 0.1) is 35.5 Å². The number of thiol groups is 1. The lowest BCUT2D eigenvalue weighted by molar-refractivity contribution is 0.144. The van der Waals surface area contributed by atoms with Crippen LogP contribution in [0.2, 0.25) is 0 Å². The molecule has 0 saturated heterocycles. The van der Waals surface area contributed by atoms with Gasteiger partial charge in [-0.3, -0.25) is 0 Å². The third-order valence-electron chi connectivity index (χ3n) is 6.87. The van der Waals surface area contributed by atoms with Gasteiger partial charge >= 0.3 is 0 Å². The molecule has 116 valence electrons. The SMILES string of the molecule is CCCC1CC(CC(C)CC2CC(CC)C3CC23S)C1. The fourth-order valence-electron chi connectivity index (χ4n) is 5.68. The lowest BCUT2D eigenvalue weighted by Crippen LogP contribution is -2.26. The molecule has 0 nitrogen and oxygen atoms in total. The second-order valence-corrected chi connectivity index (χ2v) is 9.30. The van der Waals surface area contributed by atoms with Gasteiger partial charge in [0.1, 0.15) is 0 Å². The Balaban J connectivity index is 1.41. The van der Waals surface area contributed by atoms with Crippen LogP contribution in [0.4, 0.5) is 0 Å². The van der Waals surface area contributed by atoms with Gasteiger partial charge in [-0.15, -0.1) is 0 Å². The van der Waals surface area contributed by atoms with Crippen molar-refractivity contribution in [1.29, 1.82) is 0 Å². The number of fused-ring (bicyclic) bond motifs is 1. The molecular formula is C19H34S. The summed E-state index contributed by atoms with van der Waals surface area (Å²) >= 11 is 5.08. The Morgan fingerprint density at radius 1 is 1.10 bits per heavy atom. The van der Waals surface area contributed by atoms with E-state index in [0.29, 0.717) is 4.75 Å². The minimum absolute atomic E-state index is 0.472. The molecule has 3 aliphatic carbocycles. The molecule has 0 N–H and O–H groups in total. The lowest BCUT2D eigenvalue weighted by Gasteiger charge is -2.37. The van der Waals surface area contributed by atoms with Crippen LogP contribution in [0.1, 0.15) is 78.6 Å². The molecule has 0 aromatic carbocycles. The zero-order valence-electron chi connectivity index (χ0n) is 13.8. The van der Waals surface area contributed by atoms with Gasteiger partial charge in [0, 0.05) is 4.75 Å².